The predicted molar refractivity (Wildman–Crippen MR) is 49.5 cm³/mol. The molecule has 1 aromatic rings. The van der Waals surface area contributed by atoms with E-state index in [-0.39, 0.29) is 0 Å². The maximum atomic E-state index is 11.1. The number of aliphatic hydroxyl groups excluding tert-OH is 1. The van der Waals surface area contributed by atoms with Gasteiger partial charge in [-0.05, 0) is 28.1 Å². The Balaban J connectivity index is 2.70. The van der Waals surface area contributed by atoms with Crippen molar-refractivity contribution in [1.29, 1.82) is 0 Å². The zero-order valence-electron chi connectivity index (χ0n) is 6.25. The van der Waals surface area contributed by atoms with Gasteiger partial charge in [-0.3, -0.25) is 0 Å². The molecule has 0 aliphatic carbocycles. The van der Waals surface area contributed by atoms with Gasteiger partial charge in [0.2, 0.25) is 6.29 Å². The Morgan fingerprint density at radius 2 is 2.23 bits per heavy atom. The van der Waals surface area contributed by atoms with Gasteiger partial charge >= 0.3 is 5.97 Å². The van der Waals surface area contributed by atoms with Gasteiger partial charge in [-0.15, -0.1) is 0 Å². The summed E-state index contributed by atoms with van der Waals surface area (Å²) in [5.41, 5.74) is 0.654. The second kappa shape index (κ2) is 2.97. The van der Waals surface area contributed by atoms with Crippen molar-refractivity contribution in [2.24, 2.45) is 0 Å². The molecule has 3 nitrogen and oxygen atoms in total. The van der Waals surface area contributed by atoms with Crippen molar-refractivity contribution < 1.29 is 14.6 Å². The summed E-state index contributed by atoms with van der Waals surface area (Å²) in [6, 6.07) is 3.20. The van der Waals surface area contributed by atoms with Crippen LogP contribution in [0, 0.1) is 0 Å². The lowest BCUT2D eigenvalue weighted by atomic mass is 10.1. The van der Waals surface area contributed by atoms with Crippen LogP contribution in [0.2, 0.25) is 5.02 Å². The maximum Gasteiger partial charge on any atom is 0.341 e. The molecular weight excluding hydrogens is 259 g/mol. The topological polar surface area (TPSA) is 46.5 Å². The third-order valence-electron chi connectivity index (χ3n) is 1.82. The van der Waals surface area contributed by atoms with E-state index in [1.807, 2.05) is 0 Å². The number of ether oxygens (including phenoxy) is 1. The summed E-state index contributed by atoms with van der Waals surface area (Å²) >= 11 is 9.05. The summed E-state index contributed by atoms with van der Waals surface area (Å²) in [5.74, 6) is -0.545. The number of fused-ring (bicyclic) bond motifs is 1. The van der Waals surface area contributed by atoms with Gasteiger partial charge in [-0.25, -0.2) is 4.79 Å². The van der Waals surface area contributed by atoms with Crippen molar-refractivity contribution in [3.63, 3.8) is 0 Å². The molecule has 1 aliphatic heterocycles. The van der Waals surface area contributed by atoms with E-state index >= 15 is 0 Å². The smallest absolute Gasteiger partial charge is 0.341 e. The van der Waals surface area contributed by atoms with Crippen LogP contribution >= 0.6 is 27.5 Å². The van der Waals surface area contributed by atoms with Crippen LogP contribution in [0.5, 0.6) is 0 Å². The van der Waals surface area contributed by atoms with Gasteiger partial charge in [0, 0.05) is 4.47 Å². The van der Waals surface area contributed by atoms with Crippen LogP contribution in [0.3, 0.4) is 0 Å². The van der Waals surface area contributed by atoms with Gasteiger partial charge < -0.3 is 9.84 Å². The molecule has 68 valence electrons. The zero-order chi connectivity index (χ0) is 9.59. The van der Waals surface area contributed by atoms with Crippen molar-refractivity contribution in [2.45, 2.75) is 6.29 Å². The highest BCUT2D eigenvalue weighted by Gasteiger charge is 2.32. The number of hydrogen-bond acceptors (Lipinski definition) is 3. The van der Waals surface area contributed by atoms with E-state index in [4.69, 9.17) is 11.6 Å². The van der Waals surface area contributed by atoms with Crippen LogP contribution in [0.1, 0.15) is 22.2 Å². The third kappa shape index (κ3) is 1.25. The average molecular weight is 263 g/mol. The first-order chi connectivity index (χ1) is 6.11. The summed E-state index contributed by atoms with van der Waals surface area (Å²) in [7, 11) is 0. The fraction of sp³-hybridized carbons (Fsp3) is 0.125. The molecule has 0 radical (unpaired) electrons. The first-order valence-electron chi connectivity index (χ1n) is 3.48. The molecule has 0 bridgehead atoms. The summed E-state index contributed by atoms with van der Waals surface area (Å²) in [6.45, 7) is 0. The summed E-state index contributed by atoms with van der Waals surface area (Å²) in [4.78, 5) is 11.1. The van der Waals surface area contributed by atoms with Crippen molar-refractivity contribution in [1.82, 2.24) is 0 Å². The van der Waals surface area contributed by atoms with Crippen LogP contribution in [-0.2, 0) is 4.74 Å². The molecular formula is C8H4BrClO3. The van der Waals surface area contributed by atoms with Gasteiger partial charge in [0.05, 0.1) is 16.1 Å². The highest BCUT2D eigenvalue weighted by Crippen LogP contribution is 2.38. The Kier molecular flexibility index (Phi) is 2.06. The molecule has 0 saturated carbocycles. The molecule has 13 heavy (non-hydrogen) atoms. The highest BCUT2D eigenvalue weighted by atomic mass is 79.9. The Morgan fingerprint density at radius 3 is 2.92 bits per heavy atom. The summed E-state index contributed by atoms with van der Waals surface area (Å²) < 4.78 is 5.21. The number of halogens is 2. The second-order valence-corrected chi connectivity index (χ2v) is 3.81. The number of esters is 1. The molecule has 0 fully saturated rings. The fourth-order valence-electron chi connectivity index (χ4n) is 1.21. The van der Waals surface area contributed by atoms with E-state index < -0.39 is 12.3 Å². The quantitative estimate of drug-likeness (QED) is 0.730. The minimum absolute atomic E-state index is 0.316. The Bertz CT molecular complexity index is 391. The molecule has 1 atom stereocenters. The minimum atomic E-state index is -1.24. The third-order valence-corrected chi connectivity index (χ3v) is 3.11. The summed E-state index contributed by atoms with van der Waals surface area (Å²) in [5, 5.41) is 9.62. The number of aliphatic hydroxyl groups is 1. The number of rotatable bonds is 0. The number of benzene rings is 1. The standard InChI is InChI=1S/C8H4BrClO3/c9-4-2-1-3-5(6(4)10)8(12)13-7(3)11/h1-2,8,12H. The highest BCUT2D eigenvalue weighted by molar-refractivity contribution is 9.10. The minimum Gasteiger partial charge on any atom is -0.428 e. The summed E-state index contributed by atoms with van der Waals surface area (Å²) in [6.07, 6.45) is -1.24. The van der Waals surface area contributed by atoms with Gasteiger partial charge in [0.15, 0.2) is 0 Å². The number of carbonyl (C=O) groups is 1. The van der Waals surface area contributed by atoms with Crippen molar-refractivity contribution in [3.05, 3.63) is 32.8 Å². The normalized spacial score (nSPS) is 19.9. The van der Waals surface area contributed by atoms with Crippen LogP contribution in [0.4, 0.5) is 0 Å². The van der Waals surface area contributed by atoms with Crippen LogP contribution in [0.15, 0.2) is 16.6 Å². The average Bonchev–Trinajstić information content (AvgIpc) is 2.35. The number of carbonyl (C=O) groups excluding carboxylic acids is 1. The lowest BCUT2D eigenvalue weighted by Gasteiger charge is -2.04. The molecule has 2 rings (SSSR count). The van der Waals surface area contributed by atoms with E-state index in [2.05, 4.69) is 20.7 Å². The van der Waals surface area contributed by atoms with Gasteiger partial charge in [0.1, 0.15) is 0 Å². The van der Waals surface area contributed by atoms with Gasteiger partial charge in [0.25, 0.3) is 0 Å². The number of hydrogen-bond donors (Lipinski definition) is 1. The van der Waals surface area contributed by atoms with Crippen LogP contribution in [0.25, 0.3) is 0 Å². The molecule has 0 aromatic heterocycles. The molecule has 0 saturated heterocycles. The Labute approximate surface area is 87.4 Å². The van der Waals surface area contributed by atoms with E-state index in [1.54, 1.807) is 12.1 Å². The largest absolute Gasteiger partial charge is 0.428 e. The lowest BCUT2D eigenvalue weighted by Crippen LogP contribution is -1.96. The first kappa shape index (κ1) is 8.99. The molecule has 0 amide bonds. The second-order valence-electron chi connectivity index (χ2n) is 2.58. The number of cyclic esters (lactones) is 1. The van der Waals surface area contributed by atoms with Gasteiger partial charge in [-0.1, -0.05) is 11.6 Å². The van der Waals surface area contributed by atoms with E-state index in [0.717, 1.165) is 0 Å². The lowest BCUT2D eigenvalue weighted by molar-refractivity contribution is -0.0547. The van der Waals surface area contributed by atoms with Crippen molar-refractivity contribution in [3.8, 4) is 0 Å². The van der Waals surface area contributed by atoms with Crippen molar-refractivity contribution >= 4 is 33.5 Å². The SMILES string of the molecule is O=C1OC(O)c2c1ccc(Br)c2Cl. The Morgan fingerprint density at radius 1 is 1.54 bits per heavy atom. The van der Waals surface area contributed by atoms with Crippen LogP contribution in [-0.4, -0.2) is 11.1 Å². The Hall–Kier alpha value is -0.580. The fourth-order valence-corrected chi connectivity index (χ4v) is 1.81. The first-order valence-corrected chi connectivity index (χ1v) is 4.65. The van der Waals surface area contributed by atoms with Crippen LogP contribution < -0.4 is 0 Å². The molecule has 5 heteroatoms. The van der Waals surface area contributed by atoms with E-state index in [0.29, 0.717) is 20.6 Å². The zero-order valence-corrected chi connectivity index (χ0v) is 8.59. The monoisotopic (exact) mass is 262 g/mol. The predicted octanol–water partition coefficient (Wildman–Crippen LogP) is 2.26. The van der Waals surface area contributed by atoms with Crippen molar-refractivity contribution in [2.75, 3.05) is 0 Å². The van der Waals surface area contributed by atoms with E-state index in [1.165, 1.54) is 0 Å². The molecule has 1 aliphatic rings. The molecule has 1 aromatic carbocycles. The van der Waals surface area contributed by atoms with Gasteiger partial charge in [-0.2, -0.15) is 0 Å². The molecule has 0 spiro atoms. The maximum absolute atomic E-state index is 11.1. The molecule has 1 unspecified atom stereocenters. The molecule has 1 heterocycles. The molecule has 1 N–H and O–H groups in total. The van der Waals surface area contributed by atoms with E-state index in [9.17, 15) is 9.90 Å².